The highest BCUT2D eigenvalue weighted by Crippen LogP contribution is 2.25. The molecule has 37 heavy (non-hydrogen) atoms. The lowest BCUT2D eigenvalue weighted by atomic mass is 10.0. The number of amides is 2. The Morgan fingerprint density at radius 1 is 0.973 bits per heavy atom. The fraction of sp³-hybridized carbons (Fsp3) is 0.517. The van der Waals surface area contributed by atoms with Crippen molar-refractivity contribution in [1.29, 1.82) is 0 Å². The van der Waals surface area contributed by atoms with Crippen molar-refractivity contribution >= 4 is 27.5 Å². The van der Waals surface area contributed by atoms with Gasteiger partial charge in [-0.2, -0.15) is 0 Å². The van der Waals surface area contributed by atoms with Crippen LogP contribution in [0.4, 0.5) is 5.69 Å². The third kappa shape index (κ3) is 8.59. The van der Waals surface area contributed by atoms with Crippen LogP contribution < -0.4 is 9.62 Å². The molecular formula is C29H43N3O4S. The van der Waals surface area contributed by atoms with Gasteiger partial charge in [-0.05, 0) is 75.3 Å². The summed E-state index contributed by atoms with van der Waals surface area (Å²) in [5.41, 5.74) is 4.49. The second kappa shape index (κ2) is 13.6. The Kier molecular flexibility index (Phi) is 11.2. The van der Waals surface area contributed by atoms with Crippen molar-refractivity contribution in [2.24, 2.45) is 0 Å². The van der Waals surface area contributed by atoms with Crippen molar-refractivity contribution < 1.29 is 18.0 Å². The van der Waals surface area contributed by atoms with Gasteiger partial charge >= 0.3 is 0 Å². The van der Waals surface area contributed by atoms with E-state index in [0.717, 1.165) is 28.7 Å². The maximum absolute atomic E-state index is 13.6. The van der Waals surface area contributed by atoms with Gasteiger partial charge in [-0.1, -0.05) is 50.2 Å². The van der Waals surface area contributed by atoms with Gasteiger partial charge in [-0.15, -0.1) is 0 Å². The second-order valence-electron chi connectivity index (χ2n) is 9.92. The summed E-state index contributed by atoms with van der Waals surface area (Å²) < 4.78 is 26.6. The largest absolute Gasteiger partial charge is 0.352 e. The summed E-state index contributed by atoms with van der Waals surface area (Å²) >= 11 is 0. The zero-order valence-electron chi connectivity index (χ0n) is 23.4. The molecule has 8 heteroatoms. The summed E-state index contributed by atoms with van der Waals surface area (Å²) in [6, 6.07) is 13.0. The van der Waals surface area contributed by atoms with Gasteiger partial charge in [0, 0.05) is 25.6 Å². The molecule has 2 amide bonds. The fourth-order valence-electron chi connectivity index (χ4n) is 4.30. The maximum Gasteiger partial charge on any atom is 0.243 e. The van der Waals surface area contributed by atoms with E-state index in [1.165, 1.54) is 10.6 Å². The summed E-state index contributed by atoms with van der Waals surface area (Å²) in [7, 11) is -3.54. The number of hydrogen-bond acceptors (Lipinski definition) is 4. The van der Waals surface area contributed by atoms with E-state index in [2.05, 4.69) is 5.32 Å². The average Bonchev–Trinajstić information content (AvgIpc) is 2.83. The first-order valence-corrected chi connectivity index (χ1v) is 14.9. The Bertz CT molecular complexity index is 1180. The Morgan fingerprint density at radius 2 is 1.65 bits per heavy atom. The van der Waals surface area contributed by atoms with Gasteiger partial charge in [0.25, 0.3) is 0 Å². The minimum Gasteiger partial charge on any atom is -0.352 e. The molecule has 0 heterocycles. The lowest BCUT2D eigenvalue weighted by Gasteiger charge is -2.32. The van der Waals surface area contributed by atoms with Crippen LogP contribution in [-0.2, 0) is 26.2 Å². The monoisotopic (exact) mass is 529 g/mol. The number of rotatable bonds is 13. The standard InChI is InChI=1S/C29H43N3O4S/c1-8-24(6)30-29(34)26(9-2)31(20-25-14-11-10-13-22(25)4)28(33)15-12-18-32(37(7,35)36)27-19-21(3)16-17-23(27)5/h10-11,13-14,16-17,19,24,26H,8-9,12,15,18,20H2,1-7H3,(H,30,34)/t24-,26+/m1/s1. The zero-order valence-corrected chi connectivity index (χ0v) is 24.2. The number of carbonyl (C=O) groups is 2. The van der Waals surface area contributed by atoms with E-state index in [-0.39, 0.29) is 30.8 Å². The molecule has 0 saturated carbocycles. The van der Waals surface area contributed by atoms with Gasteiger partial charge in [0.1, 0.15) is 6.04 Å². The van der Waals surface area contributed by atoms with E-state index in [4.69, 9.17) is 0 Å². The molecule has 0 aliphatic heterocycles. The van der Waals surface area contributed by atoms with E-state index < -0.39 is 16.1 Å². The van der Waals surface area contributed by atoms with Gasteiger partial charge in [-0.3, -0.25) is 13.9 Å². The van der Waals surface area contributed by atoms with Crippen LogP contribution in [0.2, 0.25) is 0 Å². The van der Waals surface area contributed by atoms with E-state index >= 15 is 0 Å². The van der Waals surface area contributed by atoms with Crippen LogP contribution in [0, 0.1) is 20.8 Å². The molecule has 0 saturated heterocycles. The molecule has 0 bridgehead atoms. The predicted molar refractivity (Wildman–Crippen MR) is 151 cm³/mol. The molecular weight excluding hydrogens is 486 g/mol. The Balaban J connectivity index is 2.27. The number of sulfonamides is 1. The SMILES string of the molecule is CC[C@@H](C)NC(=O)[C@H](CC)N(Cc1ccccc1C)C(=O)CCCN(c1cc(C)ccc1C)S(C)(=O)=O. The molecule has 2 atom stereocenters. The quantitative estimate of drug-likeness (QED) is 0.401. The van der Waals surface area contributed by atoms with Crippen LogP contribution in [-0.4, -0.2) is 50.0 Å². The average molecular weight is 530 g/mol. The first-order valence-electron chi connectivity index (χ1n) is 13.1. The number of aryl methyl sites for hydroxylation is 3. The van der Waals surface area contributed by atoms with Crippen LogP contribution in [0.25, 0.3) is 0 Å². The summed E-state index contributed by atoms with van der Waals surface area (Å²) in [6.07, 6.45) is 2.95. The predicted octanol–water partition coefficient (Wildman–Crippen LogP) is 4.88. The molecule has 2 aromatic carbocycles. The highest BCUT2D eigenvalue weighted by atomic mass is 32.2. The minimum atomic E-state index is -3.54. The number of hydrogen-bond donors (Lipinski definition) is 1. The number of benzene rings is 2. The normalized spacial score (nSPS) is 13.1. The molecule has 0 spiro atoms. The topological polar surface area (TPSA) is 86.8 Å². The van der Waals surface area contributed by atoms with Crippen LogP contribution >= 0.6 is 0 Å². The molecule has 204 valence electrons. The van der Waals surface area contributed by atoms with Crippen molar-refractivity contribution in [2.75, 3.05) is 17.1 Å². The number of anilines is 1. The molecule has 0 fully saturated rings. The Labute approximate surface area is 223 Å². The van der Waals surface area contributed by atoms with E-state index in [1.807, 2.05) is 84.0 Å². The smallest absolute Gasteiger partial charge is 0.243 e. The van der Waals surface area contributed by atoms with Crippen molar-refractivity contribution in [3.05, 3.63) is 64.7 Å². The van der Waals surface area contributed by atoms with Gasteiger partial charge in [0.05, 0.1) is 11.9 Å². The lowest BCUT2D eigenvalue weighted by molar-refractivity contribution is -0.141. The summed E-state index contributed by atoms with van der Waals surface area (Å²) in [5.74, 6) is -0.323. The van der Waals surface area contributed by atoms with Crippen molar-refractivity contribution in [3.8, 4) is 0 Å². The molecule has 7 nitrogen and oxygen atoms in total. The van der Waals surface area contributed by atoms with E-state index in [0.29, 0.717) is 25.1 Å². The molecule has 0 aromatic heterocycles. The zero-order chi connectivity index (χ0) is 27.8. The maximum atomic E-state index is 13.6. The van der Waals surface area contributed by atoms with Crippen molar-refractivity contribution in [1.82, 2.24) is 10.2 Å². The molecule has 0 unspecified atom stereocenters. The third-order valence-corrected chi connectivity index (χ3v) is 7.95. The van der Waals surface area contributed by atoms with Crippen molar-refractivity contribution in [3.63, 3.8) is 0 Å². The van der Waals surface area contributed by atoms with Crippen LogP contribution in [0.5, 0.6) is 0 Å². The van der Waals surface area contributed by atoms with Crippen LogP contribution in [0.1, 0.15) is 68.7 Å². The van der Waals surface area contributed by atoms with Crippen molar-refractivity contribution in [2.45, 2.75) is 85.9 Å². The summed E-state index contributed by atoms with van der Waals surface area (Å²) in [6.45, 7) is 12.2. The molecule has 2 rings (SSSR count). The summed E-state index contributed by atoms with van der Waals surface area (Å²) in [5, 5.41) is 3.02. The van der Waals surface area contributed by atoms with Gasteiger partial charge in [0.15, 0.2) is 0 Å². The van der Waals surface area contributed by atoms with E-state index in [9.17, 15) is 18.0 Å². The van der Waals surface area contributed by atoms with Gasteiger partial charge < -0.3 is 10.2 Å². The molecule has 0 radical (unpaired) electrons. The van der Waals surface area contributed by atoms with Crippen LogP contribution in [0.3, 0.4) is 0 Å². The minimum absolute atomic E-state index is 0.0119. The fourth-order valence-corrected chi connectivity index (χ4v) is 5.32. The lowest BCUT2D eigenvalue weighted by Crippen LogP contribution is -2.50. The molecule has 1 N–H and O–H groups in total. The Morgan fingerprint density at radius 3 is 2.24 bits per heavy atom. The molecule has 2 aromatic rings. The highest BCUT2D eigenvalue weighted by Gasteiger charge is 2.29. The molecule has 0 aliphatic carbocycles. The van der Waals surface area contributed by atoms with Gasteiger partial charge in [0.2, 0.25) is 21.8 Å². The summed E-state index contributed by atoms with van der Waals surface area (Å²) in [4.78, 5) is 28.4. The Hall–Kier alpha value is -2.87. The number of nitrogens with one attached hydrogen (secondary N) is 1. The van der Waals surface area contributed by atoms with Gasteiger partial charge in [-0.25, -0.2) is 8.42 Å². The number of carbonyl (C=O) groups excluding carboxylic acids is 2. The molecule has 0 aliphatic rings. The van der Waals surface area contributed by atoms with Crippen LogP contribution in [0.15, 0.2) is 42.5 Å². The second-order valence-corrected chi connectivity index (χ2v) is 11.8. The highest BCUT2D eigenvalue weighted by molar-refractivity contribution is 7.92. The first kappa shape index (κ1) is 30.4. The van der Waals surface area contributed by atoms with E-state index in [1.54, 1.807) is 4.90 Å². The number of nitrogens with zero attached hydrogens (tertiary/aromatic N) is 2. The third-order valence-electron chi connectivity index (χ3n) is 6.77. The first-order chi connectivity index (χ1) is 17.4.